The van der Waals surface area contributed by atoms with Gasteiger partial charge in [-0.15, -0.1) is 0 Å². The number of sulfonamides is 1. The van der Waals surface area contributed by atoms with E-state index in [1.54, 1.807) is 12.1 Å². The van der Waals surface area contributed by atoms with Gasteiger partial charge in [0.25, 0.3) is 5.91 Å². The van der Waals surface area contributed by atoms with Crippen LogP contribution in [0.5, 0.6) is 0 Å². The lowest BCUT2D eigenvalue weighted by Crippen LogP contribution is -2.34. The second-order valence-corrected chi connectivity index (χ2v) is 9.97. The van der Waals surface area contributed by atoms with E-state index in [2.05, 4.69) is 5.32 Å². The molecule has 1 amide bonds. The predicted molar refractivity (Wildman–Crippen MR) is 98.3 cm³/mol. The molecule has 2 saturated carbocycles. The highest BCUT2D eigenvalue weighted by Crippen LogP contribution is 2.56. The van der Waals surface area contributed by atoms with E-state index < -0.39 is 10.0 Å². The van der Waals surface area contributed by atoms with Gasteiger partial charge in [-0.05, 0) is 61.8 Å². The summed E-state index contributed by atoms with van der Waals surface area (Å²) in [6, 6.07) is 5.61. The van der Waals surface area contributed by atoms with Gasteiger partial charge in [-0.25, -0.2) is 8.42 Å². The van der Waals surface area contributed by atoms with E-state index in [1.807, 2.05) is 13.0 Å². The van der Waals surface area contributed by atoms with Crippen molar-refractivity contribution in [1.82, 2.24) is 5.32 Å². The maximum atomic E-state index is 12.6. The molecule has 25 heavy (non-hydrogen) atoms. The maximum Gasteiger partial charge on any atom is 0.251 e. The third kappa shape index (κ3) is 2.94. The van der Waals surface area contributed by atoms with Crippen LogP contribution in [0.4, 0.5) is 5.69 Å². The molecule has 0 aromatic heterocycles. The number of benzene rings is 1. The molecule has 6 heteroatoms. The molecule has 2 aliphatic carbocycles. The third-order valence-corrected chi connectivity index (χ3v) is 7.47. The van der Waals surface area contributed by atoms with Gasteiger partial charge >= 0.3 is 0 Å². The molecule has 0 radical (unpaired) electrons. The lowest BCUT2D eigenvalue weighted by atomic mass is 9.86. The minimum absolute atomic E-state index is 0.0271. The molecular formula is C19H26N2O3S. The first kappa shape index (κ1) is 16.9. The molecule has 5 nitrogen and oxygen atoms in total. The average Bonchev–Trinajstić information content (AvgIpc) is 3.04. The molecule has 1 N–H and O–H groups in total. The highest BCUT2D eigenvalue weighted by molar-refractivity contribution is 7.92. The van der Waals surface area contributed by atoms with Crippen LogP contribution in [-0.2, 0) is 16.4 Å². The first-order chi connectivity index (χ1) is 11.8. The largest absolute Gasteiger partial charge is 0.349 e. The minimum Gasteiger partial charge on any atom is -0.349 e. The molecule has 0 bridgehead atoms. The second-order valence-electron chi connectivity index (χ2n) is 8.11. The second kappa shape index (κ2) is 5.73. The number of anilines is 1. The van der Waals surface area contributed by atoms with Crippen molar-refractivity contribution >= 4 is 21.6 Å². The van der Waals surface area contributed by atoms with Gasteiger partial charge in [0.05, 0.1) is 11.9 Å². The summed E-state index contributed by atoms with van der Waals surface area (Å²) in [6.45, 7) is 1.90. The number of fused-ring (bicyclic) bond motifs is 1. The maximum absolute atomic E-state index is 12.6. The lowest BCUT2D eigenvalue weighted by Gasteiger charge is -2.22. The van der Waals surface area contributed by atoms with Crippen LogP contribution >= 0.6 is 0 Å². The van der Waals surface area contributed by atoms with Crippen molar-refractivity contribution in [1.29, 1.82) is 0 Å². The molecule has 1 aromatic carbocycles. The minimum atomic E-state index is -3.29. The smallest absolute Gasteiger partial charge is 0.251 e. The van der Waals surface area contributed by atoms with Crippen LogP contribution in [0.25, 0.3) is 0 Å². The number of nitrogens with zero attached hydrogens (tertiary/aromatic N) is 1. The predicted octanol–water partition coefficient (Wildman–Crippen LogP) is 2.85. The number of nitrogens with one attached hydrogen (secondary N) is 1. The molecule has 4 rings (SSSR count). The van der Waals surface area contributed by atoms with E-state index in [-0.39, 0.29) is 11.9 Å². The standard InChI is InChI=1S/C19H26N2O3S/c1-13-10-15-11-14(6-7-16(15)21(13)25(2,23)24)18(22)20-17-12-19(17)8-4-3-5-9-19/h6-7,11,13,17H,3-5,8-10,12H2,1-2H3,(H,20,22). The zero-order chi connectivity index (χ0) is 17.8. The summed E-state index contributed by atoms with van der Waals surface area (Å²) in [5, 5.41) is 3.20. The topological polar surface area (TPSA) is 66.5 Å². The summed E-state index contributed by atoms with van der Waals surface area (Å²) >= 11 is 0. The van der Waals surface area contributed by atoms with Gasteiger partial charge in [0.1, 0.15) is 0 Å². The molecule has 1 spiro atoms. The molecule has 0 saturated heterocycles. The quantitative estimate of drug-likeness (QED) is 0.899. The van der Waals surface area contributed by atoms with Crippen molar-refractivity contribution in [2.45, 2.75) is 64.0 Å². The highest BCUT2D eigenvalue weighted by Gasteiger charge is 2.54. The van der Waals surface area contributed by atoms with Crippen molar-refractivity contribution in [3.8, 4) is 0 Å². The average molecular weight is 362 g/mol. The summed E-state index contributed by atoms with van der Waals surface area (Å²) < 4.78 is 25.5. The van der Waals surface area contributed by atoms with Crippen LogP contribution in [0.2, 0.25) is 0 Å². The SMILES string of the molecule is CC1Cc2cc(C(=O)NC3CC34CCCCC4)ccc2N1S(C)(=O)=O. The summed E-state index contributed by atoms with van der Waals surface area (Å²) in [6.07, 6.45) is 9.36. The summed E-state index contributed by atoms with van der Waals surface area (Å²) in [5.41, 5.74) is 2.65. The zero-order valence-electron chi connectivity index (χ0n) is 14.9. The fourth-order valence-corrected chi connectivity index (χ4v) is 6.11. The fraction of sp³-hybridized carbons (Fsp3) is 0.632. The number of rotatable bonds is 3. The van der Waals surface area contributed by atoms with Crippen LogP contribution in [0.3, 0.4) is 0 Å². The Kier molecular flexibility index (Phi) is 3.87. The van der Waals surface area contributed by atoms with Gasteiger partial charge in [0.15, 0.2) is 0 Å². The summed E-state index contributed by atoms with van der Waals surface area (Å²) in [7, 11) is -3.29. The first-order valence-corrected chi connectivity index (χ1v) is 11.1. The van der Waals surface area contributed by atoms with E-state index in [0.717, 1.165) is 12.0 Å². The molecule has 136 valence electrons. The van der Waals surface area contributed by atoms with E-state index >= 15 is 0 Å². The monoisotopic (exact) mass is 362 g/mol. The molecule has 1 aliphatic heterocycles. The van der Waals surface area contributed by atoms with E-state index in [0.29, 0.717) is 29.1 Å². The van der Waals surface area contributed by atoms with Crippen LogP contribution in [-0.4, -0.2) is 32.7 Å². The van der Waals surface area contributed by atoms with Gasteiger partial charge in [0.2, 0.25) is 10.0 Å². The van der Waals surface area contributed by atoms with Crippen LogP contribution in [0.1, 0.15) is 61.4 Å². The normalized spacial score (nSPS) is 27.2. The number of carbonyl (C=O) groups excluding carboxylic acids is 1. The Bertz CT molecular complexity index is 812. The Labute approximate surface area is 149 Å². The summed E-state index contributed by atoms with van der Waals surface area (Å²) in [4.78, 5) is 12.6. The van der Waals surface area contributed by atoms with E-state index in [1.165, 1.54) is 42.7 Å². The summed E-state index contributed by atoms with van der Waals surface area (Å²) in [5.74, 6) is -0.0271. The molecule has 2 unspecified atom stereocenters. The molecular weight excluding hydrogens is 336 g/mol. The molecule has 1 heterocycles. The van der Waals surface area contributed by atoms with E-state index in [4.69, 9.17) is 0 Å². The Morgan fingerprint density at radius 2 is 1.96 bits per heavy atom. The number of hydrogen-bond donors (Lipinski definition) is 1. The Hall–Kier alpha value is -1.56. The van der Waals surface area contributed by atoms with Gasteiger partial charge in [-0.1, -0.05) is 19.3 Å². The molecule has 1 aromatic rings. The fourth-order valence-electron chi connectivity index (χ4n) is 4.85. The lowest BCUT2D eigenvalue weighted by molar-refractivity contribution is 0.0942. The Balaban J connectivity index is 1.50. The van der Waals surface area contributed by atoms with Crippen LogP contribution < -0.4 is 9.62 Å². The van der Waals surface area contributed by atoms with Crippen molar-refractivity contribution < 1.29 is 13.2 Å². The first-order valence-electron chi connectivity index (χ1n) is 9.23. The zero-order valence-corrected chi connectivity index (χ0v) is 15.7. The van der Waals surface area contributed by atoms with Gasteiger partial charge in [0, 0.05) is 17.6 Å². The molecule has 3 aliphatic rings. The van der Waals surface area contributed by atoms with Crippen LogP contribution in [0, 0.1) is 5.41 Å². The molecule has 2 fully saturated rings. The van der Waals surface area contributed by atoms with Gasteiger partial charge in [-0.2, -0.15) is 0 Å². The molecule has 2 atom stereocenters. The number of carbonyl (C=O) groups is 1. The third-order valence-electron chi connectivity index (χ3n) is 6.20. The van der Waals surface area contributed by atoms with Gasteiger partial charge in [-0.3, -0.25) is 9.10 Å². The van der Waals surface area contributed by atoms with E-state index in [9.17, 15) is 13.2 Å². The van der Waals surface area contributed by atoms with Crippen molar-refractivity contribution in [3.63, 3.8) is 0 Å². The Morgan fingerprint density at radius 1 is 1.24 bits per heavy atom. The van der Waals surface area contributed by atoms with Crippen LogP contribution in [0.15, 0.2) is 18.2 Å². The Morgan fingerprint density at radius 3 is 2.64 bits per heavy atom. The highest BCUT2D eigenvalue weighted by atomic mass is 32.2. The number of hydrogen-bond acceptors (Lipinski definition) is 3. The van der Waals surface area contributed by atoms with Crippen molar-refractivity contribution in [3.05, 3.63) is 29.3 Å². The van der Waals surface area contributed by atoms with Crippen molar-refractivity contribution in [2.75, 3.05) is 10.6 Å². The van der Waals surface area contributed by atoms with Crippen molar-refractivity contribution in [2.24, 2.45) is 5.41 Å². The number of amides is 1. The van der Waals surface area contributed by atoms with Gasteiger partial charge < -0.3 is 5.32 Å².